The number of benzene rings is 1. The lowest BCUT2D eigenvalue weighted by molar-refractivity contribution is -0.139. The van der Waals surface area contributed by atoms with Gasteiger partial charge in [-0.1, -0.05) is 22.0 Å². The molecule has 24 heavy (non-hydrogen) atoms. The number of carbonyl (C=O) groups excluding carboxylic acids is 2. The molecule has 0 bridgehead atoms. The molecule has 6 heteroatoms. The summed E-state index contributed by atoms with van der Waals surface area (Å²) in [4.78, 5) is 25.4. The maximum atomic E-state index is 12.4. The summed E-state index contributed by atoms with van der Waals surface area (Å²) in [6.07, 6.45) is 4.66. The fraction of sp³-hybridized carbons (Fsp3) is 0.333. The molecule has 0 aliphatic carbocycles. The Morgan fingerprint density at radius 1 is 1.25 bits per heavy atom. The molecule has 128 valence electrons. The van der Waals surface area contributed by atoms with E-state index < -0.39 is 11.7 Å². The first kappa shape index (κ1) is 18.3. The van der Waals surface area contributed by atoms with Crippen molar-refractivity contribution < 1.29 is 19.1 Å². The lowest BCUT2D eigenvalue weighted by atomic mass is 10.1. The van der Waals surface area contributed by atoms with Gasteiger partial charge in [0.2, 0.25) is 0 Å². The number of allylic oxidation sites excluding steroid dienone is 1. The maximum Gasteiger partial charge on any atom is 0.418 e. The van der Waals surface area contributed by atoms with E-state index in [9.17, 15) is 9.59 Å². The second-order valence-corrected chi connectivity index (χ2v) is 7.26. The lowest BCUT2D eigenvalue weighted by Gasteiger charge is -2.23. The Labute approximate surface area is 149 Å². The van der Waals surface area contributed by atoms with Crippen molar-refractivity contribution in [1.29, 1.82) is 0 Å². The van der Waals surface area contributed by atoms with Crippen molar-refractivity contribution >= 4 is 39.8 Å². The zero-order valence-corrected chi connectivity index (χ0v) is 15.7. The first-order valence-corrected chi connectivity index (χ1v) is 8.26. The van der Waals surface area contributed by atoms with E-state index in [1.807, 2.05) is 39.0 Å². The number of rotatable bonds is 2. The summed E-state index contributed by atoms with van der Waals surface area (Å²) in [6.45, 7) is 5.43. The Balaban J connectivity index is 2.50. The third kappa shape index (κ3) is 4.71. The molecule has 0 spiro atoms. The van der Waals surface area contributed by atoms with Gasteiger partial charge >= 0.3 is 12.1 Å². The number of halogens is 1. The van der Waals surface area contributed by atoms with Gasteiger partial charge < -0.3 is 9.47 Å². The van der Waals surface area contributed by atoms with Crippen LogP contribution in [0.1, 0.15) is 27.2 Å². The summed E-state index contributed by atoms with van der Waals surface area (Å²) < 4.78 is 11.0. The van der Waals surface area contributed by atoms with E-state index in [-0.39, 0.29) is 12.4 Å². The monoisotopic (exact) mass is 393 g/mol. The summed E-state index contributed by atoms with van der Waals surface area (Å²) in [6, 6.07) is 5.68. The van der Waals surface area contributed by atoms with Crippen molar-refractivity contribution in [2.24, 2.45) is 0 Å². The molecule has 0 saturated carbocycles. The molecule has 0 radical (unpaired) electrons. The average molecular weight is 394 g/mol. The van der Waals surface area contributed by atoms with E-state index in [0.29, 0.717) is 0 Å². The molecule has 1 heterocycles. The van der Waals surface area contributed by atoms with E-state index in [4.69, 9.17) is 9.47 Å². The van der Waals surface area contributed by atoms with Crippen LogP contribution in [0, 0.1) is 0 Å². The second kappa shape index (κ2) is 7.21. The quantitative estimate of drug-likeness (QED) is 0.724. The summed E-state index contributed by atoms with van der Waals surface area (Å²) >= 11 is 3.43. The molecule has 1 aromatic rings. The third-order valence-corrected chi connectivity index (χ3v) is 3.73. The maximum absolute atomic E-state index is 12.4. The van der Waals surface area contributed by atoms with Crippen LogP contribution < -0.4 is 10.4 Å². The third-order valence-electron chi connectivity index (χ3n) is 3.24. The Hall–Kier alpha value is -2.08. The van der Waals surface area contributed by atoms with E-state index in [1.165, 1.54) is 12.0 Å². The van der Waals surface area contributed by atoms with E-state index >= 15 is 0 Å². The highest BCUT2D eigenvalue weighted by Gasteiger charge is 2.20. The van der Waals surface area contributed by atoms with Crippen LogP contribution >= 0.6 is 15.9 Å². The van der Waals surface area contributed by atoms with Crippen molar-refractivity contribution in [1.82, 2.24) is 4.90 Å². The van der Waals surface area contributed by atoms with E-state index in [1.54, 1.807) is 18.5 Å². The van der Waals surface area contributed by atoms with Crippen LogP contribution in [0.4, 0.5) is 4.79 Å². The molecule has 0 atom stereocenters. The number of amides is 1. The summed E-state index contributed by atoms with van der Waals surface area (Å²) in [7, 11) is 1.35. The van der Waals surface area contributed by atoms with Gasteiger partial charge in [-0.3, -0.25) is 9.69 Å². The summed E-state index contributed by atoms with van der Waals surface area (Å²) in [5.74, 6) is -0.339. The van der Waals surface area contributed by atoms with Gasteiger partial charge in [0.15, 0.2) is 0 Å². The number of ether oxygens (including phenoxy) is 2. The smallest absolute Gasteiger partial charge is 0.418 e. The van der Waals surface area contributed by atoms with Crippen LogP contribution in [0.3, 0.4) is 0 Å². The van der Waals surface area contributed by atoms with Gasteiger partial charge in [-0.2, -0.15) is 0 Å². The fourth-order valence-electron chi connectivity index (χ4n) is 2.20. The minimum Gasteiger partial charge on any atom is -0.469 e. The van der Waals surface area contributed by atoms with Gasteiger partial charge in [-0.25, -0.2) is 4.79 Å². The van der Waals surface area contributed by atoms with Crippen molar-refractivity contribution in [3.05, 3.63) is 45.4 Å². The largest absolute Gasteiger partial charge is 0.469 e. The van der Waals surface area contributed by atoms with Crippen molar-refractivity contribution in [3.63, 3.8) is 0 Å². The molecule has 0 unspecified atom stereocenters. The van der Waals surface area contributed by atoms with Crippen LogP contribution in [0.5, 0.6) is 0 Å². The van der Waals surface area contributed by atoms with E-state index in [0.717, 1.165) is 20.5 Å². The minimum absolute atomic E-state index is 0.123. The Morgan fingerprint density at radius 3 is 2.58 bits per heavy atom. The Bertz CT molecular complexity index is 805. The second-order valence-electron chi connectivity index (χ2n) is 6.34. The fourth-order valence-corrected chi connectivity index (χ4v) is 2.57. The highest BCUT2D eigenvalue weighted by molar-refractivity contribution is 9.10. The first-order chi connectivity index (χ1) is 11.2. The molecule has 0 fully saturated rings. The molecule has 1 aliphatic rings. The molecular weight excluding hydrogens is 374 g/mol. The van der Waals surface area contributed by atoms with Crippen molar-refractivity contribution in [2.75, 3.05) is 7.11 Å². The number of esters is 1. The molecule has 0 aromatic heterocycles. The number of methoxy groups -OCH3 is 1. The van der Waals surface area contributed by atoms with Gasteiger partial charge in [0.05, 0.1) is 13.5 Å². The average Bonchev–Trinajstić information content (AvgIpc) is 2.65. The van der Waals surface area contributed by atoms with Gasteiger partial charge in [-0.05, 0) is 55.0 Å². The molecule has 1 amide bonds. The molecule has 5 nitrogen and oxygen atoms in total. The minimum atomic E-state index is -0.594. The van der Waals surface area contributed by atoms with Gasteiger partial charge in [-0.15, -0.1) is 0 Å². The molecule has 0 N–H and O–H groups in total. The highest BCUT2D eigenvalue weighted by Crippen LogP contribution is 2.14. The number of carbonyl (C=O) groups is 2. The molecule has 1 aromatic carbocycles. The lowest BCUT2D eigenvalue weighted by Crippen LogP contribution is -2.33. The normalized spacial score (nSPS) is 13.7. The molecule has 2 rings (SSSR count). The molecular formula is C18H20BrNO4. The Morgan fingerprint density at radius 2 is 1.96 bits per heavy atom. The number of nitrogens with zero attached hydrogens (tertiary/aromatic N) is 1. The standard InChI is InChI=1S/C18H20BrNO4/c1-18(2,3)24-17(22)20-8-7-12(10-16(21)23-4)15-6-5-14(19)9-13(15)11-20/h5-9,11H,10H2,1-4H3. The number of hydrogen-bond acceptors (Lipinski definition) is 4. The first-order valence-electron chi connectivity index (χ1n) is 7.46. The molecule has 0 saturated heterocycles. The van der Waals surface area contributed by atoms with Crippen LogP contribution in [0.2, 0.25) is 0 Å². The van der Waals surface area contributed by atoms with Gasteiger partial charge in [0, 0.05) is 16.9 Å². The zero-order chi connectivity index (χ0) is 17.9. The van der Waals surface area contributed by atoms with E-state index in [2.05, 4.69) is 15.9 Å². The van der Waals surface area contributed by atoms with Crippen LogP contribution in [-0.2, 0) is 14.3 Å². The van der Waals surface area contributed by atoms with Crippen LogP contribution in [0.25, 0.3) is 11.8 Å². The topological polar surface area (TPSA) is 55.8 Å². The predicted molar refractivity (Wildman–Crippen MR) is 95.1 cm³/mol. The van der Waals surface area contributed by atoms with Crippen LogP contribution in [0.15, 0.2) is 34.9 Å². The highest BCUT2D eigenvalue weighted by atomic mass is 79.9. The predicted octanol–water partition coefficient (Wildman–Crippen LogP) is 2.67. The van der Waals surface area contributed by atoms with Gasteiger partial charge in [0.1, 0.15) is 5.60 Å². The number of hydrogen-bond donors (Lipinski definition) is 0. The molecule has 1 aliphatic heterocycles. The summed E-state index contributed by atoms with van der Waals surface area (Å²) in [5, 5.41) is 1.67. The number of fused-ring (bicyclic) bond motifs is 1. The van der Waals surface area contributed by atoms with Gasteiger partial charge in [0.25, 0.3) is 0 Å². The Kier molecular flexibility index (Phi) is 5.49. The van der Waals surface area contributed by atoms with Crippen LogP contribution in [-0.4, -0.2) is 29.7 Å². The summed E-state index contributed by atoms with van der Waals surface area (Å²) in [5.41, 5.74) is 0.177. The SMILES string of the molecule is COC(=O)CC1=c2ccc(Br)cc2=CN(C(=O)OC(C)(C)C)C=C1. The van der Waals surface area contributed by atoms with Crippen molar-refractivity contribution in [2.45, 2.75) is 32.8 Å². The van der Waals surface area contributed by atoms with Crippen molar-refractivity contribution in [3.8, 4) is 0 Å². The zero-order valence-electron chi connectivity index (χ0n) is 14.1.